The molecule has 3 aromatic carbocycles. The number of nitrogens with zero attached hydrogens (tertiary/aromatic N) is 2. The molecule has 2 atom stereocenters. The summed E-state index contributed by atoms with van der Waals surface area (Å²) in [5.74, 6) is -0.241. The van der Waals surface area contributed by atoms with Crippen molar-refractivity contribution in [3.63, 3.8) is 0 Å². The second-order valence-corrected chi connectivity index (χ2v) is 6.94. The largest absolute Gasteiger partial charge is 0.484 e. The van der Waals surface area contributed by atoms with Gasteiger partial charge in [0.05, 0.1) is 23.0 Å². The first kappa shape index (κ1) is 18.7. The molecule has 0 aliphatic carbocycles. The predicted molar refractivity (Wildman–Crippen MR) is 111 cm³/mol. The van der Waals surface area contributed by atoms with Crippen LogP contribution < -0.4 is 10.5 Å². The molecule has 1 aromatic heterocycles. The highest BCUT2D eigenvalue weighted by Gasteiger charge is 2.18. The minimum Gasteiger partial charge on any atom is -0.484 e. The second-order valence-electron chi connectivity index (χ2n) is 6.94. The summed E-state index contributed by atoms with van der Waals surface area (Å²) in [4.78, 5) is 11.0. The summed E-state index contributed by atoms with van der Waals surface area (Å²) in [6, 6.07) is 22.1. The Kier molecular flexibility index (Phi) is 5.01. The van der Waals surface area contributed by atoms with Gasteiger partial charge in [-0.25, -0.2) is 9.48 Å². The first-order chi connectivity index (χ1) is 14.0. The van der Waals surface area contributed by atoms with E-state index in [9.17, 15) is 4.79 Å². The minimum atomic E-state index is -0.953. The highest BCUT2D eigenvalue weighted by molar-refractivity contribution is 5.88. The van der Waals surface area contributed by atoms with Crippen molar-refractivity contribution in [2.24, 2.45) is 5.73 Å². The lowest BCUT2D eigenvalue weighted by molar-refractivity contribution is 0.0697. The van der Waals surface area contributed by atoms with E-state index >= 15 is 0 Å². The average Bonchev–Trinajstić information content (AvgIpc) is 3.15. The van der Waals surface area contributed by atoms with Gasteiger partial charge in [0.25, 0.3) is 0 Å². The van der Waals surface area contributed by atoms with Gasteiger partial charge < -0.3 is 15.6 Å². The van der Waals surface area contributed by atoms with Gasteiger partial charge in [-0.05, 0) is 55.0 Å². The summed E-state index contributed by atoms with van der Waals surface area (Å²) < 4.78 is 7.97. The molecule has 0 unspecified atom stereocenters. The molecule has 4 rings (SSSR count). The molecule has 0 saturated carbocycles. The van der Waals surface area contributed by atoms with Crippen LogP contribution in [0, 0.1) is 0 Å². The number of ether oxygens (including phenoxy) is 1. The van der Waals surface area contributed by atoms with Crippen molar-refractivity contribution >= 4 is 16.9 Å². The van der Waals surface area contributed by atoms with Crippen LogP contribution in [-0.2, 0) is 0 Å². The van der Waals surface area contributed by atoms with Crippen LogP contribution >= 0.6 is 0 Å². The van der Waals surface area contributed by atoms with Crippen LogP contribution in [0.1, 0.15) is 28.9 Å². The molecule has 0 spiro atoms. The molecule has 0 amide bonds. The van der Waals surface area contributed by atoms with E-state index in [1.54, 1.807) is 35.1 Å². The first-order valence-electron chi connectivity index (χ1n) is 9.31. The molecular formula is C23H21N3O3. The van der Waals surface area contributed by atoms with E-state index in [1.807, 2.05) is 55.5 Å². The van der Waals surface area contributed by atoms with Gasteiger partial charge in [-0.2, -0.15) is 5.10 Å². The summed E-state index contributed by atoms with van der Waals surface area (Å²) in [6.45, 7) is 1.93. The van der Waals surface area contributed by atoms with Crippen molar-refractivity contribution in [1.82, 2.24) is 9.78 Å². The Balaban J connectivity index is 1.63. The molecule has 3 N–H and O–H groups in total. The topological polar surface area (TPSA) is 90.4 Å². The maximum absolute atomic E-state index is 11.0. The molecule has 0 aliphatic heterocycles. The van der Waals surface area contributed by atoms with Crippen molar-refractivity contribution < 1.29 is 14.6 Å². The Hall–Kier alpha value is -3.64. The molecule has 0 bridgehead atoms. The van der Waals surface area contributed by atoms with Crippen LogP contribution in [0.15, 0.2) is 79.0 Å². The highest BCUT2D eigenvalue weighted by Crippen LogP contribution is 2.28. The third-order valence-electron chi connectivity index (χ3n) is 4.77. The molecule has 0 saturated heterocycles. The Morgan fingerprint density at radius 2 is 1.79 bits per heavy atom. The number of carboxylic acids is 1. The maximum atomic E-state index is 11.0. The Labute approximate surface area is 168 Å². The van der Waals surface area contributed by atoms with E-state index in [1.165, 1.54) is 0 Å². The molecule has 4 aromatic rings. The third-order valence-corrected chi connectivity index (χ3v) is 4.77. The number of rotatable bonds is 6. The molecule has 6 heteroatoms. The summed E-state index contributed by atoms with van der Waals surface area (Å²) in [7, 11) is 0. The van der Waals surface area contributed by atoms with Crippen molar-refractivity contribution in [3.05, 3.63) is 90.1 Å². The van der Waals surface area contributed by atoms with Crippen molar-refractivity contribution in [2.45, 2.75) is 19.1 Å². The molecule has 0 radical (unpaired) electrons. The van der Waals surface area contributed by atoms with Crippen LogP contribution in [0.2, 0.25) is 0 Å². The number of carboxylic acid groups (broad SMARTS) is 1. The third kappa shape index (κ3) is 3.83. The average molecular weight is 387 g/mol. The van der Waals surface area contributed by atoms with Crippen molar-refractivity contribution in [2.75, 3.05) is 0 Å². The van der Waals surface area contributed by atoms with Crippen LogP contribution in [0.4, 0.5) is 0 Å². The van der Waals surface area contributed by atoms with E-state index in [0.29, 0.717) is 5.75 Å². The summed E-state index contributed by atoms with van der Waals surface area (Å²) in [5.41, 5.74) is 9.11. The molecule has 29 heavy (non-hydrogen) atoms. The van der Waals surface area contributed by atoms with Crippen LogP contribution in [-0.4, -0.2) is 26.9 Å². The number of aromatic carboxylic acids is 1. The Morgan fingerprint density at radius 1 is 1.07 bits per heavy atom. The van der Waals surface area contributed by atoms with Gasteiger partial charge in [0.1, 0.15) is 11.9 Å². The number of carbonyl (C=O) groups is 1. The van der Waals surface area contributed by atoms with Crippen LogP contribution in [0.3, 0.4) is 0 Å². The number of benzene rings is 3. The minimum absolute atomic E-state index is 0.177. The van der Waals surface area contributed by atoms with E-state index in [4.69, 9.17) is 15.6 Å². The van der Waals surface area contributed by atoms with E-state index < -0.39 is 5.97 Å². The zero-order chi connectivity index (χ0) is 20.4. The standard InChI is InChI=1S/C23H21N3O3/c1-15(24)22(16-5-3-2-4-6-16)29-20-11-12-21-18(13-20)14-25-26(21)19-9-7-17(8-10-19)23(27)28/h2-15,22H,24H2,1H3,(H,27,28)/t15-,22-/m0/s1. The Bertz CT molecular complexity index is 1140. The monoisotopic (exact) mass is 387 g/mol. The zero-order valence-electron chi connectivity index (χ0n) is 15.9. The normalized spacial score (nSPS) is 13.2. The molecule has 0 aliphatic rings. The quantitative estimate of drug-likeness (QED) is 0.518. The summed E-state index contributed by atoms with van der Waals surface area (Å²) >= 11 is 0. The summed E-state index contributed by atoms with van der Waals surface area (Å²) in [5, 5.41) is 14.4. The van der Waals surface area contributed by atoms with Gasteiger partial charge in [0, 0.05) is 11.4 Å². The van der Waals surface area contributed by atoms with Crippen molar-refractivity contribution in [3.8, 4) is 11.4 Å². The highest BCUT2D eigenvalue weighted by atomic mass is 16.5. The second kappa shape index (κ2) is 7.77. The van der Waals surface area contributed by atoms with Gasteiger partial charge in [-0.1, -0.05) is 30.3 Å². The molecule has 1 heterocycles. The zero-order valence-corrected chi connectivity index (χ0v) is 15.9. The number of fused-ring (bicyclic) bond motifs is 1. The maximum Gasteiger partial charge on any atom is 0.335 e. The fourth-order valence-corrected chi connectivity index (χ4v) is 3.30. The van der Waals surface area contributed by atoms with Gasteiger partial charge >= 0.3 is 5.97 Å². The van der Waals surface area contributed by atoms with E-state index in [2.05, 4.69) is 5.10 Å². The van der Waals surface area contributed by atoms with E-state index in [0.717, 1.165) is 22.2 Å². The molecule has 6 nitrogen and oxygen atoms in total. The number of aromatic nitrogens is 2. The number of hydrogen-bond donors (Lipinski definition) is 2. The Morgan fingerprint density at radius 3 is 2.45 bits per heavy atom. The number of nitrogens with two attached hydrogens (primary N) is 1. The van der Waals surface area contributed by atoms with Gasteiger partial charge in [0.2, 0.25) is 0 Å². The van der Waals surface area contributed by atoms with Gasteiger partial charge in [0.15, 0.2) is 0 Å². The van der Waals surface area contributed by atoms with E-state index in [-0.39, 0.29) is 17.7 Å². The lowest BCUT2D eigenvalue weighted by atomic mass is 10.0. The molecular weight excluding hydrogens is 366 g/mol. The van der Waals surface area contributed by atoms with Crippen LogP contribution in [0.25, 0.3) is 16.6 Å². The van der Waals surface area contributed by atoms with Gasteiger partial charge in [-0.3, -0.25) is 0 Å². The predicted octanol–water partition coefficient (Wildman–Crippen LogP) is 4.19. The fraction of sp³-hybridized carbons (Fsp3) is 0.130. The smallest absolute Gasteiger partial charge is 0.335 e. The van der Waals surface area contributed by atoms with Gasteiger partial charge in [-0.15, -0.1) is 0 Å². The molecule has 146 valence electrons. The SMILES string of the molecule is C[C@H](N)[C@H](Oc1ccc2c(cnn2-c2ccc(C(=O)O)cc2)c1)c1ccccc1. The lowest BCUT2D eigenvalue weighted by Gasteiger charge is -2.23. The fourth-order valence-electron chi connectivity index (χ4n) is 3.30. The summed E-state index contributed by atoms with van der Waals surface area (Å²) in [6.07, 6.45) is 1.50. The molecule has 0 fully saturated rings. The number of hydrogen-bond acceptors (Lipinski definition) is 4. The lowest BCUT2D eigenvalue weighted by Crippen LogP contribution is -2.29. The van der Waals surface area contributed by atoms with Crippen LogP contribution in [0.5, 0.6) is 5.75 Å². The van der Waals surface area contributed by atoms with Crippen molar-refractivity contribution in [1.29, 1.82) is 0 Å². The first-order valence-corrected chi connectivity index (χ1v) is 9.31.